The summed E-state index contributed by atoms with van der Waals surface area (Å²) in [6.45, 7) is 4.09. The van der Waals surface area contributed by atoms with Crippen molar-refractivity contribution in [3.63, 3.8) is 0 Å². The van der Waals surface area contributed by atoms with Crippen LogP contribution >= 0.6 is 11.8 Å². The smallest absolute Gasteiger partial charge is 0.0548 e. The first-order chi connectivity index (χ1) is 8.33. The van der Waals surface area contributed by atoms with Gasteiger partial charge in [0.2, 0.25) is 0 Å². The van der Waals surface area contributed by atoms with Crippen LogP contribution in [0.2, 0.25) is 0 Å². The number of rotatable bonds is 9. The third kappa shape index (κ3) is 8.06. The summed E-state index contributed by atoms with van der Waals surface area (Å²) in [6.07, 6.45) is 8.19. The van der Waals surface area contributed by atoms with Gasteiger partial charge in [-0.3, -0.25) is 0 Å². The molecular formula is C14H28O2S. The van der Waals surface area contributed by atoms with E-state index in [4.69, 9.17) is 4.74 Å². The maximum Gasteiger partial charge on any atom is 0.0548 e. The third-order valence-electron chi connectivity index (χ3n) is 3.54. The topological polar surface area (TPSA) is 29.5 Å². The Morgan fingerprint density at radius 3 is 2.71 bits per heavy atom. The molecule has 1 N–H and O–H groups in total. The lowest BCUT2D eigenvalue weighted by Gasteiger charge is -2.21. The highest BCUT2D eigenvalue weighted by Gasteiger charge is 2.13. The minimum atomic E-state index is -0.0660. The Labute approximate surface area is 111 Å². The molecule has 1 atom stereocenters. The van der Waals surface area contributed by atoms with Crippen molar-refractivity contribution in [2.24, 2.45) is 5.92 Å². The fourth-order valence-corrected chi connectivity index (χ4v) is 3.08. The van der Waals surface area contributed by atoms with E-state index in [1.54, 1.807) is 0 Å². The predicted octanol–water partition coefficient (Wildman–Crippen LogP) is 3.48. The van der Waals surface area contributed by atoms with Crippen LogP contribution in [0.15, 0.2) is 0 Å². The number of ether oxygens (including phenoxy) is 1. The number of hydrogen-bond acceptors (Lipinski definition) is 3. The molecule has 1 aliphatic rings. The molecule has 0 aromatic carbocycles. The second kappa shape index (κ2) is 10.2. The lowest BCUT2D eigenvalue weighted by Crippen LogP contribution is -2.15. The van der Waals surface area contributed by atoms with Crippen molar-refractivity contribution in [2.75, 3.05) is 24.7 Å². The van der Waals surface area contributed by atoms with Crippen LogP contribution in [0.1, 0.15) is 51.9 Å². The van der Waals surface area contributed by atoms with Gasteiger partial charge in [-0.25, -0.2) is 0 Å². The Bertz CT molecular complexity index is 170. The van der Waals surface area contributed by atoms with Gasteiger partial charge in [-0.2, -0.15) is 11.8 Å². The highest BCUT2D eigenvalue weighted by molar-refractivity contribution is 7.99. The van der Waals surface area contributed by atoms with Crippen molar-refractivity contribution in [1.82, 2.24) is 0 Å². The summed E-state index contributed by atoms with van der Waals surface area (Å²) in [7, 11) is 0. The molecule has 0 aromatic heterocycles. The Hall–Kier alpha value is 0.270. The zero-order chi connectivity index (χ0) is 12.3. The van der Waals surface area contributed by atoms with Gasteiger partial charge in [0, 0.05) is 13.2 Å². The normalized spacial score (nSPS) is 19.4. The van der Waals surface area contributed by atoms with Gasteiger partial charge < -0.3 is 9.84 Å². The monoisotopic (exact) mass is 260 g/mol. The quantitative estimate of drug-likeness (QED) is 0.644. The average molecular weight is 260 g/mol. The van der Waals surface area contributed by atoms with Gasteiger partial charge in [0.25, 0.3) is 0 Å². The molecule has 0 saturated carbocycles. The first kappa shape index (κ1) is 15.3. The van der Waals surface area contributed by atoms with Crippen molar-refractivity contribution in [3.8, 4) is 0 Å². The van der Waals surface area contributed by atoms with Gasteiger partial charge in [0.15, 0.2) is 0 Å². The summed E-state index contributed by atoms with van der Waals surface area (Å²) in [6, 6.07) is 0. The predicted molar refractivity (Wildman–Crippen MR) is 75.6 cm³/mol. The SMILES string of the molecule is CCSCCC(O)CCCCC1CCOCC1. The molecular weight excluding hydrogens is 232 g/mol. The van der Waals surface area contributed by atoms with E-state index in [0.717, 1.165) is 43.5 Å². The molecule has 0 amide bonds. The Morgan fingerprint density at radius 1 is 1.24 bits per heavy atom. The second-order valence-corrected chi connectivity index (χ2v) is 6.37. The van der Waals surface area contributed by atoms with E-state index >= 15 is 0 Å². The highest BCUT2D eigenvalue weighted by Crippen LogP contribution is 2.21. The fraction of sp³-hybridized carbons (Fsp3) is 1.00. The lowest BCUT2D eigenvalue weighted by atomic mass is 9.93. The maximum atomic E-state index is 9.78. The summed E-state index contributed by atoms with van der Waals surface area (Å²) in [5, 5.41) is 9.78. The molecule has 0 radical (unpaired) electrons. The van der Waals surface area contributed by atoms with E-state index in [1.165, 1.54) is 32.1 Å². The van der Waals surface area contributed by atoms with Gasteiger partial charge in [0.1, 0.15) is 0 Å². The van der Waals surface area contributed by atoms with Gasteiger partial charge in [-0.05, 0) is 43.1 Å². The molecule has 1 aliphatic heterocycles. The number of hydrogen-bond donors (Lipinski definition) is 1. The molecule has 1 fully saturated rings. The molecule has 0 spiro atoms. The largest absolute Gasteiger partial charge is 0.393 e. The second-order valence-electron chi connectivity index (χ2n) is 4.98. The van der Waals surface area contributed by atoms with Gasteiger partial charge in [-0.15, -0.1) is 0 Å². The number of aliphatic hydroxyl groups is 1. The van der Waals surface area contributed by atoms with Crippen LogP contribution in [0, 0.1) is 5.92 Å². The Kier molecular flexibility index (Phi) is 9.21. The van der Waals surface area contributed by atoms with Crippen molar-refractivity contribution in [1.29, 1.82) is 0 Å². The highest BCUT2D eigenvalue weighted by atomic mass is 32.2. The van der Waals surface area contributed by atoms with Crippen LogP contribution in [-0.4, -0.2) is 35.9 Å². The van der Waals surface area contributed by atoms with E-state index in [-0.39, 0.29) is 6.10 Å². The van der Waals surface area contributed by atoms with Crippen LogP contribution in [0.3, 0.4) is 0 Å². The summed E-state index contributed by atoms with van der Waals surface area (Å²) in [5.74, 6) is 3.16. The van der Waals surface area contributed by atoms with Crippen molar-refractivity contribution in [3.05, 3.63) is 0 Å². The average Bonchev–Trinajstić information content (AvgIpc) is 2.36. The van der Waals surface area contributed by atoms with Gasteiger partial charge in [-0.1, -0.05) is 26.2 Å². The van der Waals surface area contributed by atoms with Gasteiger partial charge >= 0.3 is 0 Å². The maximum absolute atomic E-state index is 9.78. The zero-order valence-electron chi connectivity index (χ0n) is 11.2. The van der Waals surface area contributed by atoms with Crippen LogP contribution in [0.5, 0.6) is 0 Å². The minimum absolute atomic E-state index is 0.0660. The van der Waals surface area contributed by atoms with Crippen LogP contribution in [0.4, 0.5) is 0 Å². The van der Waals surface area contributed by atoms with Crippen molar-refractivity contribution < 1.29 is 9.84 Å². The number of thioether (sulfide) groups is 1. The molecule has 17 heavy (non-hydrogen) atoms. The van der Waals surface area contributed by atoms with Gasteiger partial charge in [0.05, 0.1) is 6.10 Å². The summed E-state index contributed by atoms with van der Waals surface area (Å²) < 4.78 is 5.36. The molecule has 102 valence electrons. The van der Waals surface area contributed by atoms with E-state index in [1.807, 2.05) is 11.8 Å². The minimum Gasteiger partial charge on any atom is -0.393 e. The number of unbranched alkanes of at least 4 members (excludes halogenated alkanes) is 1. The van der Waals surface area contributed by atoms with E-state index in [2.05, 4.69) is 6.92 Å². The summed E-state index contributed by atoms with van der Waals surface area (Å²) in [4.78, 5) is 0. The molecule has 0 bridgehead atoms. The van der Waals surface area contributed by atoms with Crippen LogP contribution in [-0.2, 0) is 4.74 Å². The molecule has 1 saturated heterocycles. The fourth-order valence-electron chi connectivity index (χ4n) is 2.36. The first-order valence-electron chi connectivity index (χ1n) is 7.16. The molecule has 1 rings (SSSR count). The number of aliphatic hydroxyl groups excluding tert-OH is 1. The Balaban J connectivity index is 1.88. The van der Waals surface area contributed by atoms with Crippen LogP contribution < -0.4 is 0 Å². The lowest BCUT2D eigenvalue weighted by molar-refractivity contribution is 0.0626. The molecule has 2 nitrogen and oxygen atoms in total. The summed E-state index contributed by atoms with van der Waals surface area (Å²) in [5.41, 5.74) is 0. The summed E-state index contributed by atoms with van der Waals surface area (Å²) >= 11 is 1.92. The Morgan fingerprint density at radius 2 is 2.00 bits per heavy atom. The van der Waals surface area contributed by atoms with E-state index < -0.39 is 0 Å². The standard InChI is InChI=1S/C14H28O2S/c1-2-17-12-9-14(15)6-4-3-5-13-7-10-16-11-8-13/h13-15H,2-12H2,1H3. The van der Waals surface area contributed by atoms with Crippen molar-refractivity contribution >= 4 is 11.8 Å². The first-order valence-corrected chi connectivity index (χ1v) is 8.32. The third-order valence-corrected chi connectivity index (χ3v) is 4.47. The van der Waals surface area contributed by atoms with E-state index in [0.29, 0.717) is 0 Å². The zero-order valence-corrected chi connectivity index (χ0v) is 12.0. The molecule has 0 aromatic rings. The van der Waals surface area contributed by atoms with Crippen molar-refractivity contribution in [2.45, 2.75) is 58.0 Å². The molecule has 3 heteroatoms. The molecule has 1 heterocycles. The van der Waals surface area contributed by atoms with Crippen LogP contribution in [0.25, 0.3) is 0 Å². The molecule has 1 unspecified atom stereocenters. The van der Waals surface area contributed by atoms with E-state index in [9.17, 15) is 5.11 Å². The molecule has 0 aliphatic carbocycles.